The smallest absolute Gasteiger partial charge is 0.410 e. The van der Waals surface area contributed by atoms with E-state index in [1.54, 1.807) is 0 Å². The lowest BCUT2D eigenvalue weighted by molar-refractivity contribution is -0.162. The molecule has 6 heteroatoms. The summed E-state index contributed by atoms with van der Waals surface area (Å²) in [7, 11) is 0. The molecule has 2 rings (SSSR count). The van der Waals surface area contributed by atoms with Crippen LogP contribution in [-0.4, -0.2) is 47.4 Å². The van der Waals surface area contributed by atoms with Gasteiger partial charge in [0.2, 0.25) is 5.67 Å². The number of carbonyl (C=O) groups is 2. The first-order valence-corrected chi connectivity index (χ1v) is 5.90. The number of carboxylic acid groups (broad SMARTS) is 1. The van der Waals surface area contributed by atoms with Crippen LogP contribution in [0.4, 0.5) is 9.18 Å². The number of likely N-dealkylation sites (tertiary alicyclic amines) is 1. The minimum atomic E-state index is -2.35. The summed E-state index contributed by atoms with van der Waals surface area (Å²) in [6.07, 6.45) is 2.53. The van der Waals surface area contributed by atoms with Crippen molar-refractivity contribution in [3.63, 3.8) is 0 Å². The molecule has 1 saturated heterocycles. The molecule has 1 atom stereocenters. The van der Waals surface area contributed by atoms with Crippen molar-refractivity contribution in [3.05, 3.63) is 12.7 Å². The van der Waals surface area contributed by atoms with Gasteiger partial charge in [-0.2, -0.15) is 0 Å². The first-order chi connectivity index (χ1) is 8.45. The van der Waals surface area contributed by atoms with Crippen LogP contribution in [0.25, 0.3) is 0 Å². The number of nitrogens with zero attached hydrogens (tertiary/aromatic N) is 1. The number of halogens is 1. The molecule has 0 aromatic rings. The Balaban J connectivity index is 2.13. The summed E-state index contributed by atoms with van der Waals surface area (Å²) in [5.41, 5.74) is -3.27. The van der Waals surface area contributed by atoms with Gasteiger partial charge < -0.3 is 14.7 Å². The highest BCUT2D eigenvalue weighted by atomic mass is 19.1. The molecule has 5 nitrogen and oxygen atoms in total. The third-order valence-electron chi connectivity index (χ3n) is 3.98. The second-order valence-electron chi connectivity index (χ2n) is 4.96. The highest BCUT2D eigenvalue weighted by Crippen LogP contribution is 2.55. The molecular weight excluding hydrogens is 241 g/mol. The summed E-state index contributed by atoms with van der Waals surface area (Å²) in [6.45, 7) is 3.13. The summed E-state index contributed by atoms with van der Waals surface area (Å²) >= 11 is 0. The molecule has 0 radical (unpaired) electrons. The van der Waals surface area contributed by atoms with Crippen LogP contribution in [-0.2, 0) is 9.53 Å². The Kier molecular flexibility index (Phi) is 3.04. The summed E-state index contributed by atoms with van der Waals surface area (Å²) in [5, 5.41) is 9.08. The van der Waals surface area contributed by atoms with Crippen LogP contribution in [0.3, 0.4) is 0 Å². The number of carboxylic acids is 1. The van der Waals surface area contributed by atoms with Gasteiger partial charge in [0, 0.05) is 12.0 Å². The molecule has 1 amide bonds. The Bertz CT molecular complexity index is 394. The normalized spacial score (nSPS) is 28.8. The van der Waals surface area contributed by atoms with Crippen molar-refractivity contribution < 1.29 is 23.8 Å². The van der Waals surface area contributed by atoms with Crippen LogP contribution in [0.5, 0.6) is 0 Å². The standard InChI is InChI=1S/C12H16FNO4/c1-2-6-18-10(17)14-7-11(4-3-5-11)12(13,8-14)9(15)16/h2H,1,3-8H2,(H,15,16). The van der Waals surface area contributed by atoms with Gasteiger partial charge in [-0.15, -0.1) is 0 Å². The van der Waals surface area contributed by atoms with Crippen LogP contribution in [0, 0.1) is 5.41 Å². The molecule has 1 saturated carbocycles. The quantitative estimate of drug-likeness (QED) is 0.780. The van der Waals surface area contributed by atoms with E-state index in [0.29, 0.717) is 12.8 Å². The van der Waals surface area contributed by atoms with E-state index in [4.69, 9.17) is 9.84 Å². The summed E-state index contributed by atoms with van der Waals surface area (Å²) in [6, 6.07) is 0. The topological polar surface area (TPSA) is 66.8 Å². The van der Waals surface area contributed by atoms with E-state index >= 15 is 0 Å². The van der Waals surface area contributed by atoms with Crippen molar-refractivity contribution in [1.29, 1.82) is 0 Å². The number of ether oxygens (including phenoxy) is 1. The molecule has 1 unspecified atom stereocenters. The molecule has 1 spiro atoms. The van der Waals surface area contributed by atoms with E-state index in [-0.39, 0.29) is 13.2 Å². The fraction of sp³-hybridized carbons (Fsp3) is 0.667. The average molecular weight is 257 g/mol. The van der Waals surface area contributed by atoms with Gasteiger partial charge in [0.05, 0.1) is 6.54 Å². The van der Waals surface area contributed by atoms with Crippen molar-refractivity contribution in [1.82, 2.24) is 4.90 Å². The van der Waals surface area contributed by atoms with Crippen LogP contribution in [0.2, 0.25) is 0 Å². The lowest BCUT2D eigenvalue weighted by Gasteiger charge is -2.43. The highest BCUT2D eigenvalue weighted by molar-refractivity contribution is 5.82. The zero-order valence-corrected chi connectivity index (χ0v) is 10.0. The first-order valence-electron chi connectivity index (χ1n) is 5.90. The second-order valence-corrected chi connectivity index (χ2v) is 4.96. The zero-order valence-electron chi connectivity index (χ0n) is 10.0. The highest BCUT2D eigenvalue weighted by Gasteiger charge is 2.67. The molecule has 1 N–H and O–H groups in total. The van der Waals surface area contributed by atoms with Gasteiger partial charge in [0.25, 0.3) is 0 Å². The molecule has 0 aromatic carbocycles. The summed E-state index contributed by atoms with van der Waals surface area (Å²) in [5.74, 6) is -1.48. The minimum absolute atomic E-state index is 0.0364. The SMILES string of the molecule is C=CCOC(=O)N1CC2(CCC2)C(F)(C(=O)O)C1. The Hall–Kier alpha value is -1.59. The molecule has 0 aromatic heterocycles. The van der Waals surface area contributed by atoms with Crippen molar-refractivity contribution in [2.75, 3.05) is 19.7 Å². The van der Waals surface area contributed by atoms with Gasteiger partial charge in [0.15, 0.2) is 0 Å². The van der Waals surface area contributed by atoms with E-state index in [1.807, 2.05) is 0 Å². The predicted octanol–water partition coefficient (Wildman–Crippen LogP) is 1.59. The van der Waals surface area contributed by atoms with Gasteiger partial charge in [-0.25, -0.2) is 14.0 Å². The maximum atomic E-state index is 14.6. The summed E-state index contributed by atoms with van der Waals surface area (Å²) in [4.78, 5) is 23.9. The van der Waals surface area contributed by atoms with E-state index in [1.165, 1.54) is 6.08 Å². The number of aliphatic carboxylic acids is 1. The second kappa shape index (κ2) is 4.26. The number of hydrogen-bond donors (Lipinski definition) is 1. The number of rotatable bonds is 3. The maximum absolute atomic E-state index is 14.6. The van der Waals surface area contributed by atoms with Gasteiger partial charge in [-0.3, -0.25) is 0 Å². The number of hydrogen-bond acceptors (Lipinski definition) is 3. The third kappa shape index (κ3) is 1.67. The van der Waals surface area contributed by atoms with Crippen molar-refractivity contribution in [2.45, 2.75) is 24.9 Å². The Morgan fingerprint density at radius 1 is 1.44 bits per heavy atom. The largest absolute Gasteiger partial charge is 0.479 e. The monoisotopic (exact) mass is 257 g/mol. The van der Waals surface area contributed by atoms with E-state index < -0.39 is 29.7 Å². The number of carbonyl (C=O) groups excluding carboxylic acids is 1. The Morgan fingerprint density at radius 2 is 2.11 bits per heavy atom. The van der Waals surface area contributed by atoms with E-state index in [2.05, 4.69) is 6.58 Å². The first kappa shape index (κ1) is 12.9. The van der Waals surface area contributed by atoms with Gasteiger partial charge in [-0.1, -0.05) is 19.1 Å². The third-order valence-corrected chi connectivity index (χ3v) is 3.98. The Morgan fingerprint density at radius 3 is 2.50 bits per heavy atom. The molecule has 1 aliphatic carbocycles. The lowest BCUT2D eigenvalue weighted by atomic mass is 9.61. The van der Waals surface area contributed by atoms with Crippen molar-refractivity contribution in [2.24, 2.45) is 5.41 Å². The van der Waals surface area contributed by atoms with Gasteiger partial charge in [-0.05, 0) is 12.8 Å². The maximum Gasteiger partial charge on any atom is 0.410 e. The molecule has 1 aliphatic heterocycles. The molecule has 100 valence electrons. The molecule has 2 aliphatic rings. The van der Waals surface area contributed by atoms with Crippen LogP contribution in [0.15, 0.2) is 12.7 Å². The summed E-state index contributed by atoms with van der Waals surface area (Å²) < 4.78 is 19.4. The number of alkyl halides is 1. The lowest BCUT2D eigenvalue weighted by Crippen LogP contribution is -2.53. The Labute approximate surface area is 104 Å². The van der Waals surface area contributed by atoms with Crippen molar-refractivity contribution in [3.8, 4) is 0 Å². The van der Waals surface area contributed by atoms with Crippen LogP contribution < -0.4 is 0 Å². The van der Waals surface area contributed by atoms with Gasteiger partial charge in [0.1, 0.15) is 6.61 Å². The molecule has 1 heterocycles. The average Bonchev–Trinajstić information content (AvgIpc) is 2.61. The molecular formula is C12H16FNO4. The molecule has 0 bridgehead atoms. The molecule has 18 heavy (non-hydrogen) atoms. The predicted molar refractivity (Wildman–Crippen MR) is 60.9 cm³/mol. The molecule has 2 fully saturated rings. The van der Waals surface area contributed by atoms with Gasteiger partial charge >= 0.3 is 12.1 Å². The zero-order chi connectivity index (χ0) is 13.4. The van der Waals surface area contributed by atoms with E-state index in [0.717, 1.165) is 11.3 Å². The van der Waals surface area contributed by atoms with Crippen LogP contribution in [0.1, 0.15) is 19.3 Å². The van der Waals surface area contributed by atoms with Crippen molar-refractivity contribution >= 4 is 12.1 Å². The number of amides is 1. The fourth-order valence-corrected chi connectivity index (χ4v) is 2.78. The van der Waals surface area contributed by atoms with E-state index in [9.17, 15) is 14.0 Å². The fourth-order valence-electron chi connectivity index (χ4n) is 2.78. The van der Waals surface area contributed by atoms with Crippen LogP contribution >= 0.6 is 0 Å². The minimum Gasteiger partial charge on any atom is -0.479 e.